The Morgan fingerprint density at radius 3 is 2.72 bits per heavy atom. The molecule has 9 heteroatoms. The molecule has 1 aromatic carbocycles. The van der Waals surface area contributed by atoms with Gasteiger partial charge in [0.05, 0.1) is 23.4 Å². The number of rotatable bonds is 5. The molecule has 0 aliphatic carbocycles. The van der Waals surface area contributed by atoms with E-state index in [0.29, 0.717) is 24.3 Å². The summed E-state index contributed by atoms with van der Waals surface area (Å²) in [5.41, 5.74) is 6.03. The van der Waals surface area contributed by atoms with E-state index < -0.39 is 11.6 Å². The highest BCUT2D eigenvalue weighted by Crippen LogP contribution is 2.33. The molecule has 3 aromatic heterocycles. The van der Waals surface area contributed by atoms with Crippen LogP contribution in [0.5, 0.6) is 0 Å². The SMILES string of the molecule is CO[C@H](C)c1cc(-c2ccnn2C(C)C)cn2cc(C(=O)N3CC[C@]4(Cc5ccccc5CN4)[C@H](O)C3)nc12. The van der Waals surface area contributed by atoms with Gasteiger partial charge in [0.25, 0.3) is 5.91 Å². The average molecular weight is 529 g/mol. The van der Waals surface area contributed by atoms with Crippen molar-refractivity contribution in [3.05, 3.63) is 77.4 Å². The number of methoxy groups -OCH3 is 1. The monoisotopic (exact) mass is 528 g/mol. The third-order valence-corrected chi connectivity index (χ3v) is 8.45. The number of ether oxygens (including phenoxy) is 1. The first-order chi connectivity index (χ1) is 18.8. The van der Waals surface area contributed by atoms with E-state index in [1.54, 1.807) is 24.4 Å². The number of aliphatic hydroxyl groups excluding tert-OH is 1. The fourth-order valence-electron chi connectivity index (χ4n) is 6.06. The standard InChI is InChI=1S/C30H36N6O3/c1-19(2)36-26(9-11-32-36)23-13-24(20(3)39-4)28-33-25(17-35(28)16-23)29(38)34-12-10-30(27(37)18-34)14-21-7-5-6-8-22(21)15-31-30/h5-9,11,13,16-17,19-20,27,31,37H,10,12,14-15,18H2,1-4H3/t20-,27-,30+/m1/s1. The first-order valence-corrected chi connectivity index (χ1v) is 13.7. The van der Waals surface area contributed by atoms with Crippen molar-refractivity contribution in [2.24, 2.45) is 0 Å². The Balaban J connectivity index is 1.29. The predicted octanol–water partition coefficient (Wildman–Crippen LogP) is 3.78. The Morgan fingerprint density at radius 1 is 1.18 bits per heavy atom. The lowest BCUT2D eigenvalue weighted by Gasteiger charge is -2.48. The minimum absolute atomic E-state index is 0.173. The Bertz CT molecular complexity index is 1520. The van der Waals surface area contributed by atoms with Gasteiger partial charge in [0.1, 0.15) is 11.3 Å². The second-order valence-electron chi connectivity index (χ2n) is 11.1. The number of carbonyl (C=O) groups excluding carboxylic acids is 1. The smallest absolute Gasteiger partial charge is 0.274 e. The summed E-state index contributed by atoms with van der Waals surface area (Å²) < 4.78 is 9.56. The summed E-state index contributed by atoms with van der Waals surface area (Å²) in [4.78, 5) is 20.2. The average Bonchev–Trinajstić information content (AvgIpc) is 3.61. The number of carbonyl (C=O) groups is 1. The molecule has 6 rings (SSSR count). The molecule has 0 saturated carbocycles. The predicted molar refractivity (Wildman–Crippen MR) is 148 cm³/mol. The number of aliphatic hydroxyl groups is 1. The largest absolute Gasteiger partial charge is 0.389 e. The Labute approximate surface area is 228 Å². The molecule has 204 valence electrons. The fourth-order valence-corrected chi connectivity index (χ4v) is 6.06. The van der Waals surface area contributed by atoms with Gasteiger partial charge in [0.2, 0.25) is 0 Å². The zero-order chi connectivity index (χ0) is 27.3. The number of nitrogens with one attached hydrogen (secondary N) is 1. The minimum Gasteiger partial charge on any atom is -0.389 e. The van der Waals surface area contributed by atoms with Crippen LogP contribution in [0.1, 0.15) is 66.5 Å². The maximum atomic E-state index is 13.7. The van der Waals surface area contributed by atoms with Gasteiger partial charge < -0.3 is 24.5 Å². The zero-order valence-corrected chi connectivity index (χ0v) is 23.0. The second kappa shape index (κ2) is 9.89. The molecule has 2 aliphatic heterocycles. The van der Waals surface area contributed by atoms with E-state index in [1.807, 2.05) is 40.4 Å². The first-order valence-electron chi connectivity index (χ1n) is 13.7. The number of β-amino-alcohol motifs (C(OH)–C–C–N with tert-alkyl or cyclic N) is 1. The van der Waals surface area contributed by atoms with Gasteiger partial charge in [0, 0.05) is 62.5 Å². The Kier molecular flexibility index (Phi) is 6.53. The van der Waals surface area contributed by atoms with Gasteiger partial charge in [-0.2, -0.15) is 5.10 Å². The van der Waals surface area contributed by atoms with Gasteiger partial charge in [-0.3, -0.25) is 9.48 Å². The lowest BCUT2D eigenvalue weighted by Crippen LogP contribution is -2.65. The van der Waals surface area contributed by atoms with Gasteiger partial charge in [-0.15, -0.1) is 0 Å². The first kappa shape index (κ1) is 25.7. The van der Waals surface area contributed by atoms with Crippen molar-refractivity contribution in [2.75, 3.05) is 20.2 Å². The lowest BCUT2D eigenvalue weighted by molar-refractivity contribution is -0.0140. The molecular weight excluding hydrogens is 492 g/mol. The second-order valence-corrected chi connectivity index (χ2v) is 11.1. The summed E-state index contributed by atoms with van der Waals surface area (Å²) in [6.07, 6.45) is 6.12. The number of nitrogens with zero attached hydrogens (tertiary/aromatic N) is 5. The molecule has 5 heterocycles. The number of fused-ring (bicyclic) bond motifs is 2. The molecule has 0 bridgehead atoms. The van der Waals surface area contributed by atoms with E-state index in [-0.39, 0.29) is 24.6 Å². The number of hydrogen-bond acceptors (Lipinski definition) is 6. The van der Waals surface area contributed by atoms with Crippen molar-refractivity contribution in [1.29, 1.82) is 0 Å². The molecule has 1 fully saturated rings. The molecule has 1 saturated heterocycles. The number of hydrogen-bond donors (Lipinski definition) is 2. The van der Waals surface area contributed by atoms with E-state index in [0.717, 1.165) is 29.8 Å². The van der Waals surface area contributed by atoms with Crippen LogP contribution in [-0.2, 0) is 17.7 Å². The van der Waals surface area contributed by atoms with Crippen molar-refractivity contribution < 1.29 is 14.6 Å². The van der Waals surface area contributed by atoms with Crippen LogP contribution >= 0.6 is 0 Å². The highest BCUT2D eigenvalue weighted by molar-refractivity contribution is 5.93. The van der Waals surface area contributed by atoms with E-state index in [1.165, 1.54) is 11.1 Å². The maximum absolute atomic E-state index is 13.7. The van der Waals surface area contributed by atoms with Crippen LogP contribution in [0.15, 0.2) is 55.0 Å². The highest BCUT2D eigenvalue weighted by Gasteiger charge is 2.45. The number of aromatic nitrogens is 4. The third kappa shape index (κ3) is 4.44. The molecule has 0 unspecified atom stereocenters. The summed E-state index contributed by atoms with van der Waals surface area (Å²) in [5, 5.41) is 19.3. The van der Waals surface area contributed by atoms with Crippen molar-refractivity contribution in [1.82, 2.24) is 29.4 Å². The van der Waals surface area contributed by atoms with Crippen LogP contribution in [0.3, 0.4) is 0 Å². The molecule has 2 N–H and O–H groups in total. The fraction of sp³-hybridized carbons (Fsp3) is 0.433. The molecule has 9 nitrogen and oxygen atoms in total. The van der Waals surface area contributed by atoms with Crippen molar-refractivity contribution in [3.8, 4) is 11.3 Å². The van der Waals surface area contributed by atoms with E-state index in [4.69, 9.17) is 9.72 Å². The summed E-state index contributed by atoms with van der Waals surface area (Å²) in [5.74, 6) is -0.173. The van der Waals surface area contributed by atoms with Crippen LogP contribution in [0.4, 0.5) is 0 Å². The summed E-state index contributed by atoms with van der Waals surface area (Å²) in [7, 11) is 1.67. The number of imidazole rings is 1. The van der Waals surface area contributed by atoms with E-state index >= 15 is 0 Å². The molecule has 0 radical (unpaired) electrons. The van der Waals surface area contributed by atoms with E-state index in [2.05, 4.69) is 42.5 Å². The Hall–Kier alpha value is -3.53. The number of benzene rings is 1. The van der Waals surface area contributed by atoms with Crippen molar-refractivity contribution in [3.63, 3.8) is 0 Å². The minimum atomic E-state index is -0.674. The molecule has 39 heavy (non-hydrogen) atoms. The highest BCUT2D eigenvalue weighted by atomic mass is 16.5. The third-order valence-electron chi connectivity index (χ3n) is 8.45. The van der Waals surface area contributed by atoms with Crippen molar-refractivity contribution >= 4 is 11.6 Å². The molecule has 1 amide bonds. The van der Waals surface area contributed by atoms with Gasteiger partial charge in [-0.05, 0) is 56.9 Å². The number of amides is 1. The van der Waals surface area contributed by atoms with Gasteiger partial charge in [0.15, 0.2) is 0 Å². The number of piperidine rings is 1. The number of likely N-dealkylation sites (tertiary alicyclic amines) is 1. The quantitative estimate of drug-likeness (QED) is 0.409. The van der Waals surface area contributed by atoms with Crippen molar-refractivity contribution in [2.45, 2.75) is 63.9 Å². The summed E-state index contributed by atoms with van der Waals surface area (Å²) in [6.45, 7) is 7.72. The molecule has 3 atom stereocenters. The van der Waals surface area contributed by atoms with Gasteiger partial charge in [-0.25, -0.2) is 4.98 Å². The summed E-state index contributed by atoms with van der Waals surface area (Å²) in [6, 6.07) is 12.6. The van der Waals surface area contributed by atoms with Gasteiger partial charge >= 0.3 is 0 Å². The van der Waals surface area contributed by atoms with Gasteiger partial charge in [-0.1, -0.05) is 24.3 Å². The van der Waals surface area contributed by atoms with Crippen LogP contribution in [-0.4, -0.2) is 66.9 Å². The topological polar surface area (TPSA) is 96.9 Å². The normalized spacial score (nSPS) is 22.0. The molecule has 1 spiro atoms. The summed E-state index contributed by atoms with van der Waals surface area (Å²) >= 11 is 0. The molecule has 4 aromatic rings. The maximum Gasteiger partial charge on any atom is 0.274 e. The number of pyridine rings is 1. The molecule has 2 aliphatic rings. The van der Waals surface area contributed by atoms with Crippen LogP contribution in [0, 0.1) is 0 Å². The van der Waals surface area contributed by atoms with Crippen LogP contribution in [0.2, 0.25) is 0 Å². The molecular formula is C30H36N6O3. The Morgan fingerprint density at radius 2 is 1.97 bits per heavy atom. The zero-order valence-electron chi connectivity index (χ0n) is 23.0. The van der Waals surface area contributed by atoms with E-state index in [9.17, 15) is 9.90 Å². The van der Waals surface area contributed by atoms with Crippen LogP contribution in [0.25, 0.3) is 16.9 Å². The van der Waals surface area contributed by atoms with Crippen LogP contribution < -0.4 is 5.32 Å². The lowest BCUT2D eigenvalue weighted by atomic mass is 9.76.